The first-order valence-electron chi connectivity index (χ1n) is 5.50. The largest absolute Gasteiger partial charge is 0.359 e. The van der Waals surface area contributed by atoms with Crippen molar-refractivity contribution < 1.29 is 4.52 Å². The Morgan fingerprint density at radius 3 is 2.53 bits per heavy atom. The summed E-state index contributed by atoms with van der Waals surface area (Å²) in [5.41, 5.74) is 1.23. The highest BCUT2D eigenvalue weighted by Crippen LogP contribution is 2.46. The molecule has 0 spiro atoms. The van der Waals surface area contributed by atoms with Crippen LogP contribution < -0.4 is 0 Å². The van der Waals surface area contributed by atoms with E-state index in [9.17, 15) is 0 Å². The maximum atomic E-state index is 5.46. The maximum absolute atomic E-state index is 5.46. The van der Waals surface area contributed by atoms with Gasteiger partial charge in [-0.2, -0.15) is 0 Å². The van der Waals surface area contributed by atoms with Crippen LogP contribution >= 0.6 is 12.4 Å². The minimum atomic E-state index is 0. The summed E-state index contributed by atoms with van der Waals surface area (Å²) >= 11 is 0. The normalized spacial score (nSPS) is 23.8. The van der Waals surface area contributed by atoms with Gasteiger partial charge in [0.1, 0.15) is 0 Å². The molecule has 2 aliphatic heterocycles. The highest BCUT2D eigenvalue weighted by molar-refractivity contribution is 5.85. The fourth-order valence-electron chi connectivity index (χ4n) is 3.09. The van der Waals surface area contributed by atoms with E-state index in [1.807, 2.05) is 6.92 Å². The van der Waals surface area contributed by atoms with E-state index in [1.54, 1.807) is 0 Å². The topological polar surface area (TPSA) is 29.3 Å². The smallest absolute Gasteiger partial charge is 0.157 e. The van der Waals surface area contributed by atoms with E-state index in [-0.39, 0.29) is 17.9 Å². The predicted octanol–water partition coefficient (Wildman–Crippen LogP) is 2.49. The lowest BCUT2D eigenvalue weighted by molar-refractivity contribution is 0.150. The van der Waals surface area contributed by atoms with Gasteiger partial charge in [0.2, 0.25) is 0 Å². The Kier molecular flexibility index (Phi) is 2.77. The molecule has 3 rings (SSSR count). The first kappa shape index (κ1) is 11.0. The van der Waals surface area contributed by atoms with Crippen LogP contribution in [0.1, 0.15) is 37.1 Å². The monoisotopic (exact) mass is 228 g/mol. The molecule has 4 heteroatoms. The highest BCUT2D eigenvalue weighted by atomic mass is 35.5. The zero-order valence-corrected chi connectivity index (χ0v) is 9.85. The van der Waals surface area contributed by atoms with E-state index in [0.29, 0.717) is 0 Å². The molecule has 1 aromatic heterocycles. The van der Waals surface area contributed by atoms with Crippen LogP contribution in [0.5, 0.6) is 0 Å². The number of aryl methyl sites for hydroxylation is 1. The summed E-state index contributed by atoms with van der Waals surface area (Å²) in [6.45, 7) is 4.47. The molecule has 0 aromatic carbocycles. The molecule has 2 aliphatic rings. The molecular formula is C11H17ClN2O. The summed E-state index contributed by atoms with van der Waals surface area (Å²) in [5, 5.41) is 4.01. The van der Waals surface area contributed by atoms with Gasteiger partial charge < -0.3 is 4.52 Å². The Hall–Kier alpha value is -0.540. The molecule has 0 unspecified atom stereocenters. The highest BCUT2D eigenvalue weighted by Gasteiger charge is 2.48. The molecule has 3 heterocycles. The van der Waals surface area contributed by atoms with E-state index < -0.39 is 0 Å². The molecule has 0 amide bonds. The number of rotatable bonds is 1. The Morgan fingerprint density at radius 1 is 1.33 bits per heavy atom. The minimum absolute atomic E-state index is 0. The molecular weight excluding hydrogens is 212 g/mol. The Bertz CT molecular complexity index is 340. The van der Waals surface area contributed by atoms with Crippen molar-refractivity contribution in [2.45, 2.75) is 38.1 Å². The van der Waals surface area contributed by atoms with Gasteiger partial charge in [-0.1, -0.05) is 5.16 Å². The van der Waals surface area contributed by atoms with E-state index in [4.69, 9.17) is 4.52 Å². The summed E-state index contributed by atoms with van der Waals surface area (Å²) in [6.07, 6.45) is 5.11. The molecule has 0 N–H and O–H groups in total. The number of hydrogen-bond acceptors (Lipinski definition) is 3. The standard InChI is InChI=1S/C11H16N2O.ClH/c1-9-8-10(14-12-9)11-4-2-6-13(11)7-3-5-11;/h8H,2-7H2,1H3;1H. The van der Waals surface area contributed by atoms with E-state index >= 15 is 0 Å². The van der Waals surface area contributed by atoms with Crippen molar-refractivity contribution in [1.82, 2.24) is 10.1 Å². The predicted molar refractivity (Wildman–Crippen MR) is 60.2 cm³/mol. The number of nitrogens with zero attached hydrogens (tertiary/aromatic N) is 2. The van der Waals surface area contributed by atoms with Crippen LogP contribution in [-0.4, -0.2) is 23.1 Å². The second-order valence-electron chi connectivity index (χ2n) is 4.56. The van der Waals surface area contributed by atoms with Crippen molar-refractivity contribution in [2.24, 2.45) is 0 Å². The van der Waals surface area contributed by atoms with Gasteiger partial charge in [0, 0.05) is 6.07 Å². The fourth-order valence-corrected chi connectivity index (χ4v) is 3.09. The Morgan fingerprint density at radius 2 is 2.00 bits per heavy atom. The van der Waals surface area contributed by atoms with Gasteiger partial charge in [0.05, 0.1) is 11.2 Å². The number of fused-ring (bicyclic) bond motifs is 1. The summed E-state index contributed by atoms with van der Waals surface area (Å²) in [7, 11) is 0. The molecule has 0 radical (unpaired) electrons. The number of halogens is 1. The van der Waals surface area contributed by atoms with Crippen LogP contribution in [-0.2, 0) is 5.54 Å². The molecule has 0 bridgehead atoms. The van der Waals surface area contributed by atoms with Crippen LogP contribution in [0.3, 0.4) is 0 Å². The van der Waals surface area contributed by atoms with Crippen molar-refractivity contribution >= 4 is 12.4 Å². The fraction of sp³-hybridized carbons (Fsp3) is 0.727. The maximum Gasteiger partial charge on any atom is 0.157 e. The SMILES string of the molecule is Cc1cc(C23CCCN2CCC3)on1.Cl. The number of hydrogen-bond donors (Lipinski definition) is 0. The van der Waals surface area contributed by atoms with Gasteiger partial charge >= 0.3 is 0 Å². The van der Waals surface area contributed by atoms with Gasteiger partial charge in [-0.15, -0.1) is 12.4 Å². The Labute approximate surface area is 96.2 Å². The van der Waals surface area contributed by atoms with Crippen molar-refractivity contribution in [3.63, 3.8) is 0 Å². The zero-order chi connectivity index (χ0) is 9.60. The van der Waals surface area contributed by atoms with Gasteiger partial charge in [-0.3, -0.25) is 4.90 Å². The molecule has 0 saturated carbocycles. The summed E-state index contributed by atoms with van der Waals surface area (Å²) < 4.78 is 5.46. The van der Waals surface area contributed by atoms with Crippen LogP contribution in [0.4, 0.5) is 0 Å². The van der Waals surface area contributed by atoms with E-state index in [2.05, 4.69) is 16.1 Å². The van der Waals surface area contributed by atoms with Crippen LogP contribution in [0.2, 0.25) is 0 Å². The summed E-state index contributed by atoms with van der Waals surface area (Å²) in [4.78, 5) is 2.58. The molecule has 15 heavy (non-hydrogen) atoms. The third kappa shape index (κ3) is 1.49. The van der Waals surface area contributed by atoms with Gasteiger partial charge in [-0.05, 0) is 45.7 Å². The zero-order valence-electron chi connectivity index (χ0n) is 9.03. The van der Waals surface area contributed by atoms with Crippen molar-refractivity contribution in [3.05, 3.63) is 17.5 Å². The molecule has 2 saturated heterocycles. The van der Waals surface area contributed by atoms with E-state index in [1.165, 1.54) is 38.8 Å². The lowest BCUT2D eigenvalue weighted by atomic mass is 9.91. The molecule has 0 aliphatic carbocycles. The van der Waals surface area contributed by atoms with Gasteiger partial charge in [0.25, 0.3) is 0 Å². The van der Waals surface area contributed by atoms with E-state index in [0.717, 1.165) is 11.5 Å². The average molecular weight is 229 g/mol. The third-order valence-electron chi connectivity index (χ3n) is 3.73. The molecule has 3 nitrogen and oxygen atoms in total. The first-order chi connectivity index (χ1) is 6.81. The lowest BCUT2D eigenvalue weighted by Gasteiger charge is -2.28. The van der Waals surface area contributed by atoms with Crippen molar-refractivity contribution in [2.75, 3.05) is 13.1 Å². The third-order valence-corrected chi connectivity index (χ3v) is 3.73. The van der Waals surface area contributed by atoms with Crippen molar-refractivity contribution in [1.29, 1.82) is 0 Å². The lowest BCUT2D eigenvalue weighted by Crippen LogP contribution is -2.34. The summed E-state index contributed by atoms with van der Waals surface area (Å²) in [5.74, 6) is 1.10. The first-order valence-corrected chi connectivity index (χ1v) is 5.50. The second kappa shape index (κ2) is 3.80. The molecule has 84 valence electrons. The minimum Gasteiger partial charge on any atom is -0.359 e. The summed E-state index contributed by atoms with van der Waals surface area (Å²) in [6, 6.07) is 2.11. The van der Waals surface area contributed by atoms with Crippen LogP contribution in [0, 0.1) is 6.92 Å². The second-order valence-corrected chi connectivity index (χ2v) is 4.56. The number of aromatic nitrogens is 1. The van der Waals surface area contributed by atoms with Gasteiger partial charge in [0.15, 0.2) is 5.76 Å². The molecule has 1 aromatic rings. The Balaban J connectivity index is 0.000000853. The molecule has 2 fully saturated rings. The van der Waals surface area contributed by atoms with Crippen LogP contribution in [0.15, 0.2) is 10.6 Å². The quantitative estimate of drug-likeness (QED) is 0.740. The van der Waals surface area contributed by atoms with Gasteiger partial charge in [-0.25, -0.2) is 0 Å². The molecule has 0 atom stereocenters. The van der Waals surface area contributed by atoms with Crippen LogP contribution in [0.25, 0.3) is 0 Å². The van der Waals surface area contributed by atoms with Crippen molar-refractivity contribution in [3.8, 4) is 0 Å². The average Bonchev–Trinajstić information content (AvgIpc) is 2.75.